The van der Waals surface area contributed by atoms with Gasteiger partial charge in [-0.15, -0.1) is 0 Å². The van der Waals surface area contributed by atoms with Crippen molar-refractivity contribution in [1.82, 2.24) is 26.2 Å². The van der Waals surface area contributed by atoms with Gasteiger partial charge in [0.25, 0.3) is 0 Å². The molecule has 3 heterocycles. The monoisotopic (exact) mass is 488 g/mol. The Kier molecular flexibility index (Phi) is 6.19. The first-order chi connectivity index (χ1) is 17.5. The largest absolute Gasteiger partial charge is 0.368 e. The van der Waals surface area contributed by atoms with Gasteiger partial charge in [0.15, 0.2) is 0 Å². The summed E-state index contributed by atoms with van der Waals surface area (Å²) in [5.41, 5.74) is 11.7. The average Bonchev–Trinajstić information content (AvgIpc) is 3.34. The number of piperazine rings is 1. The minimum absolute atomic E-state index is 0.00361. The topological polar surface area (TPSA) is 80.0 Å². The number of aryl methyl sites for hydroxylation is 2. The summed E-state index contributed by atoms with van der Waals surface area (Å²) in [6.45, 7) is 7.49. The molecule has 36 heavy (non-hydrogen) atoms. The SMILES string of the molecule is Cc1ccc(C)c(N2CCN(C(=O)C3CCC4C(=O)NC5C(c6ccccc6)NNN5C4C3)CC2)c1. The third-order valence-electron chi connectivity index (χ3n) is 8.57. The molecular formula is C28H36N6O2. The molecule has 1 saturated carbocycles. The highest BCUT2D eigenvalue weighted by atomic mass is 16.2. The molecule has 3 N–H and O–H groups in total. The molecule has 3 saturated heterocycles. The highest BCUT2D eigenvalue weighted by Crippen LogP contribution is 2.39. The predicted molar refractivity (Wildman–Crippen MR) is 139 cm³/mol. The van der Waals surface area contributed by atoms with Crippen molar-refractivity contribution in [3.05, 3.63) is 65.2 Å². The van der Waals surface area contributed by atoms with Crippen molar-refractivity contribution in [2.75, 3.05) is 31.1 Å². The molecule has 0 radical (unpaired) electrons. The molecule has 4 aliphatic rings. The summed E-state index contributed by atoms with van der Waals surface area (Å²) in [7, 11) is 0. The summed E-state index contributed by atoms with van der Waals surface area (Å²) in [4.78, 5) is 31.1. The van der Waals surface area contributed by atoms with Crippen LogP contribution in [-0.4, -0.2) is 60.1 Å². The molecule has 6 rings (SSSR count). The van der Waals surface area contributed by atoms with Crippen LogP contribution < -0.4 is 21.2 Å². The summed E-state index contributed by atoms with van der Waals surface area (Å²) in [6, 6.07) is 16.7. The standard InChI is InChI=1S/C28H36N6O2/c1-18-8-9-19(2)23(16-18)32-12-14-33(15-13-32)28(36)21-10-11-22-24(17-21)34-26(29-27(22)35)25(30-31-34)20-6-4-3-5-7-20/h3-9,16,21-22,24-26,30-31H,10-15,17H2,1-2H3,(H,29,35). The Hall–Kier alpha value is -2.94. The normalized spacial score (nSPS) is 30.5. The van der Waals surface area contributed by atoms with E-state index in [1.54, 1.807) is 0 Å². The van der Waals surface area contributed by atoms with E-state index in [1.807, 2.05) is 18.2 Å². The maximum absolute atomic E-state index is 13.6. The number of nitrogens with zero attached hydrogens (tertiary/aromatic N) is 3. The van der Waals surface area contributed by atoms with Crippen LogP contribution in [0.25, 0.3) is 0 Å². The van der Waals surface area contributed by atoms with E-state index in [0.29, 0.717) is 6.42 Å². The van der Waals surface area contributed by atoms with E-state index >= 15 is 0 Å². The van der Waals surface area contributed by atoms with Crippen LogP contribution in [0.15, 0.2) is 48.5 Å². The molecular weight excluding hydrogens is 452 g/mol. The maximum atomic E-state index is 13.6. The number of hydrazine groups is 2. The molecule has 2 amide bonds. The molecule has 3 aliphatic heterocycles. The van der Waals surface area contributed by atoms with Crippen molar-refractivity contribution in [3.63, 3.8) is 0 Å². The van der Waals surface area contributed by atoms with Crippen LogP contribution in [0.1, 0.15) is 42.0 Å². The van der Waals surface area contributed by atoms with E-state index in [2.05, 4.69) is 75.3 Å². The molecule has 4 fully saturated rings. The summed E-state index contributed by atoms with van der Waals surface area (Å²) >= 11 is 0. The number of amides is 2. The number of nitrogens with one attached hydrogen (secondary N) is 3. The number of hydrogen-bond donors (Lipinski definition) is 3. The molecule has 2 aromatic carbocycles. The van der Waals surface area contributed by atoms with Crippen LogP contribution >= 0.6 is 0 Å². The van der Waals surface area contributed by atoms with E-state index in [4.69, 9.17) is 0 Å². The molecule has 190 valence electrons. The number of fused-ring (bicyclic) bond motifs is 3. The van der Waals surface area contributed by atoms with Crippen LogP contribution in [0.2, 0.25) is 0 Å². The van der Waals surface area contributed by atoms with Gasteiger partial charge in [-0.2, -0.15) is 5.53 Å². The Bertz CT molecular complexity index is 1130. The van der Waals surface area contributed by atoms with Crippen molar-refractivity contribution < 1.29 is 9.59 Å². The summed E-state index contributed by atoms with van der Waals surface area (Å²) < 4.78 is 0. The lowest BCUT2D eigenvalue weighted by Gasteiger charge is -2.47. The first-order valence-corrected chi connectivity index (χ1v) is 13.3. The van der Waals surface area contributed by atoms with Crippen molar-refractivity contribution in [2.45, 2.75) is 51.4 Å². The molecule has 5 atom stereocenters. The second-order valence-corrected chi connectivity index (χ2v) is 10.8. The van der Waals surface area contributed by atoms with Gasteiger partial charge in [-0.05, 0) is 55.9 Å². The van der Waals surface area contributed by atoms with Gasteiger partial charge in [-0.25, -0.2) is 10.4 Å². The first-order valence-electron chi connectivity index (χ1n) is 13.3. The second kappa shape index (κ2) is 9.50. The van der Waals surface area contributed by atoms with Gasteiger partial charge >= 0.3 is 0 Å². The zero-order valence-electron chi connectivity index (χ0n) is 21.1. The number of carbonyl (C=O) groups excluding carboxylic acids is 2. The van der Waals surface area contributed by atoms with E-state index in [1.165, 1.54) is 16.8 Å². The van der Waals surface area contributed by atoms with Gasteiger partial charge in [-0.3, -0.25) is 9.59 Å². The molecule has 5 unspecified atom stereocenters. The van der Waals surface area contributed by atoms with Crippen molar-refractivity contribution >= 4 is 17.5 Å². The fourth-order valence-corrected chi connectivity index (χ4v) is 6.54. The van der Waals surface area contributed by atoms with Gasteiger partial charge in [0, 0.05) is 43.8 Å². The van der Waals surface area contributed by atoms with Gasteiger partial charge in [-0.1, -0.05) is 42.5 Å². The fourth-order valence-electron chi connectivity index (χ4n) is 6.54. The zero-order chi connectivity index (χ0) is 24.8. The molecule has 0 aromatic heterocycles. The fraction of sp³-hybridized carbons (Fsp3) is 0.500. The molecule has 0 spiro atoms. The van der Waals surface area contributed by atoms with Crippen LogP contribution in [0.5, 0.6) is 0 Å². The quantitative estimate of drug-likeness (QED) is 0.615. The maximum Gasteiger partial charge on any atom is 0.226 e. The summed E-state index contributed by atoms with van der Waals surface area (Å²) in [6.07, 6.45) is 2.06. The number of rotatable bonds is 3. The molecule has 1 aliphatic carbocycles. The zero-order valence-corrected chi connectivity index (χ0v) is 21.1. The van der Waals surface area contributed by atoms with Gasteiger partial charge in [0.1, 0.15) is 6.17 Å². The lowest BCUT2D eigenvalue weighted by Crippen LogP contribution is -2.66. The Labute approximate surface area is 212 Å². The van der Waals surface area contributed by atoms with Crippen LogP contribution in [0.4, 0.5) is 5.69 Å². The third-order valence-corrected chi connectivity index (χ3v) is 8.57. The highest BCUT2D eigenvalue weighted by molar-refractivity contribution is 5.83. The molecule has 8 nitrogen and oxygen atoms in total. The van der Waals surface area contributed by atoms with Crippen molar-refractivity contribution in [3.8, 4) is 0 Å². The van der Waals surface area contributed by atoms with E-state index in [-0.39, 0.29) is 41.9 Å². The number of hydrogen-bond acceptors (Lipinski definition) is 6. The lowest BCUT2D eigenvalue weighted by atomic mass is 9.75. The van der Waals surface area contributed by atoms with Crippen LogP contribution in [0.3, 0.4) is 0 Å². The number of anilines is 1. The Morgan fingerprint density at radius 3 is 2.53 bits per heavy atom. The molecule has 0 bridgehead atoms. The smallest absolute Gasteiger partial charge is 0.226 e. The van der Waals surface area contributed by atoms with Crippen molar-refractivity contribution in [1.29, 1.82) is 0 Å². The first kappa shape index (κ1) is 23.5. The highest BCUT2D eigenvalue weighted by Gasteiger charge is 2.51. The minimum Gasteiger partial charge on any atom is -0.368 e. The van der Waals surface area contributed by atoms with Gasteiger partial charge < -0.3 is 15.1 Å². The molecule has 2 aromatic rings. The van der Waals surface area contributed by atoms with Crippen LogP contribution in [0, 0.1) is 25.7 Å². The minimum atomic E-state index is -0.170. The number of benzene rings is 2. The summed E-state index contributed by atoms with van der Waals surface area (Å²) in [5.74, 6) is 0.238. The predicted octanol–water partition coefficient (Wildman–Crippen LogP) is 2.26. The lowest BCUT2D eigenvalue weighted by molar-refractivity contribution is -0.147. The van der Waals surface area contributed by atoms with E-state index < -0.39 is 0 Å². The second-order valence-electron chi connectivity index (χ2n) is 10.8. The summed E-state index contributed by atoms with van der Waals surface area (Å²) in [5, 5.41) is 5.38. The Morgan fingerprint density at radius 1 is 0.972 bits per heavy atom. The van der Waals surface area contributed by atoms with Gasteiger partial charge in [0.2, 0.25) is 11.8 Å². The Balaban J connectivity index is 1.11. The van der Waals surface area contributed by atoms with Crippen molar-refractivity contribution in [2.24, 2.45) is 11.8 Å². The Morgan fingerprint density at radius 2 is 1.75 bits per heavy atom. The van der Waals surface area contributed by atoms with E-state index in [0.717, 1.165) is 44.6 Å². The third kappa shape index (κ3) is 4.17. The number of carbonyl (C=O) groups is 2. The van der Waals surface area contributed by atoms with Crippen LogP contribution in [-0.2, 0) is 9.59 Å². The average molecular weight is 489 g/mol. The molecule has 8 heteroatoms. The van der Waals surface area contributed by atoms with E-state index in [9.17, 15) is 9.59 Å². The van der Waals surface area contributed by atoms with Gasteiger partial charge in [0.05, 0.1) is 12.0 Å².